The minimum atomic E-state index is -0.113. The first-order chi connectivity index (χ1) is 9.51. The molecule has 0 aliphatic rings. The van der Waals surface area contributed by atoms with E-state index >= 15 is 0 Å². The second-order valence-electron chi connectivity index (χ2n) is 4.78. The second-order valence-corrected chi connectivity index (χ2v) is 5.69. The van der Waals surface area contributed by atoms with E-state index in [0.717, 1.165) is 34.5 Å². The molecular weight excluding hydrogens is 318 g/mol. The maximum atomic E-state index is 12.4. The van der Waals surface area contributed by atoms with Gasteiger partial charge in [0.2, 0.25) is 0 Å². The molecule has 1 amide bonds. The van der Waals surface area contributed by atoms with E-state index < -0.39 is 0 Å². The van der Waals surface area contributed by atoms with Crippen molar-refractivity contribution in [1.82, 2.24) is 9.55 Å². The summed E-state index contributed by atoms with van der Waals surface area (Å²) in [7, 11) is 0. The fraction of sp³-hybridized carbons (Fsp3) is 0.333. The average Bonchev–Trinajstić information content (AvgIpc) is 2.74. The molecule has 0 aliphatic carbocycles. The van der Waals surface area contributed by atoms with E-state index in [1.165, 1.54) is 0 Å². The number of carbonyl (C=O) groups is 1. The van der Waals surface area contributed by atoms with Crippen LogP contribution in [0.3, 0.4) is 0 Å². The van der Waals surface area contributed by atoms with E-state index in [9.17, 15) is 4.79 Å². The summed E-state index contributed by atoms with van der Waals surface area (Å²) in [6.45, 7) is 6.73. The molecule has 0 radical (unpaired) electrons. The maximum Gasteiger partial charge on any atom is 0.272 e. The van der Waals surface area contributed by atoms with Gasteiger partial charge in [0.15, 0.2) is 0 Å². The summed E-state index contributed by atoms with van der Waals surface area (Å²) in [6.07, 6.45) is 2.91. The van der Waals surface area contributed by atoms with Gasteiger partial charge in [0, 0.05) is 22.9 Å². The average molecular weight is 336 g/mol. The highest BCUT2D eigenvalue weighted by Crippen LogP contribution is 2.18. The molecule has 0 spiro atoms. The van der Waals surface area contributed by atoms with Crippen LogP contribution in [0.1, 0.15) is 35.2 Å². The largest absolute Gasteiger partial charge is 0.342 e. The van der Waals surface area contributed by atoms with Crippen molar-refractivity contribution in [2.75, 3.05) is 5.32 Å². The Morgan fingerprint density at radius 2 is 2.15 bits per heavy atom. The molecule has 4 nitrogen and oxygen atoms in total. The molecule has 2 aromatic rings. The Hall–Kier alpha value is -1.62. The molecule has 0 aliphatic heterocycles. The van der Waals surface area contributed by atoms with Crippen molar-refractivity contribution in [2.24, 2.45) is 0 Å². The lowest BCUT2D eigenvalue weighted by atomic mass is 10.2. The van der Waals surface area contributed by atoms with Crippen LogP contribution in [-0.2, 0) is 6.54 Å². The van der Waals surface area contributed by atoms with Crippen LogP contribution in [0.15, 0.2) is 28.9 Å². The van der Waals surface area contributed by atoms with Gasteiger partial charge in [-0.1, -0.05) is 6.92 Å². The molecule has 0 saturated carbocycles. The molecule has 2 heterocycles. The van der Waals surface area contributed by atoms with Crippen molar-refractivity contribution in [1.29, 1.82) is 0 Å². The maximum absolute atomic E-state index is 12.4. The van der Waals surface area contributed by atoms with Gasteiger partial charge in [-0.2, -0.15) is 0 Å². The Kier molecular flexibility index (Phi) is 4.60. The highest BCUT2D eigenvalue weighted by Gasteiger charge is 2.14. The van der Waals surface area contributed by atoms with Gasteiger partial charge in [-0.15, -0.1) is 0 Å². The number of hydrogen-bond acceptors (Lipinski definition) is 2. The lowest BCUT2D eigenvalue weighted by Crippen LogP contribution is -2.17. The summed E-state index contributed by atoms with van der Waals surface area (Å²) in [4.78, 5) is 16.7. The number of pyridine rings is 1. The van der Waals surface area contributed by atoms with Gasteiger partial charge in [-0.3, -0.25) is 9.78 Å². The van der Waals surface area contributed by atoms with Crippen LogP contribution >= 0.6 is 15.9 Å². The van der Waals surface area contributed by atoms with Crippen LogP contribution in [0.2, 0.25) is 0 Å². The predicted octanol–water partition coefficient (Wildman–Crippen LogP) is 3.92. The Balaban J connectivity index is 2.23. The number of carbonyl (C=O) groups excluding carboxylic acids is 1. The Morgan fingerprint density at radius 3 is 2.80 bits per heavy atom. The molecule has 0 unspecified atom stereocenters. The number of amides is 1. The number of hydrogen-bond donors (Lipinski definition) is 1. The monoisotopic (exact) mass is 335 g/mol. The third-order valence-electron chi connectivity index (χ3n) is 3.03. The van der Waals surface area contributed by atoms with Gasteiger partial charge >= 0.3 is 0 Å². The lowest BCUT2D eigenvalue weighted by Gasteiger charge is -2.10. The Labute approximate surface area is 127 Å². The number of nitrogens with one attached hydrogen (secondary N) is 1. The second kappa shape index (κ2) is 6.22. The van der Waals surface area contributed by atoms with Crippen molar-refractivity contribution in [3.63, 3.8) is 0 Å². The van der Waals surface area contributed by atoms with Crippen LogP contribution in [-0.4, -0.2) is 15.5 Å². The highest BCUT2D eigenvalue weighted by molar-refractivity contribution is 9.10. The van der Waals surface area contributed by atoms with Crippen molar-refractivity contribution >= 4 is 27.5 Å². The number of nitrogens with zero attached hydrogens (tertiary/aromatic N) is 2. The molecule has 0 bridgehead atoms. The molecule has 0 atom stereocenters. The van der Waals surface area contributed by atoms with Crippen LogP contribution < -0.4 is 5.32 Å². The molecular formula is C15H18BrN3O. The molecule has 106 valence electrons. The van der Waals surface area contributed by atoms with E-state index in [1.807, 2.05) is 42.8 Å². The first-order valence-electron chi connectivity index (χ1n) is 6.62. The number of aromatic nitrogens is 2. The summed E-state index contributed by atoms with van der Waals surface area (Å²) in [5.74, 6) is -0.113. The van der Waals surface area contributed by atoms with E-state index in [0.29, 0.717) is 5.69 Å². The first-order valence-corrected chi connectivity index (χ1v) is 7.42. The van der Waals surface area contributed by atoms with Crippen molar-refractivity contribution in [2.45, 2.75) is 33.7 Å². The van der Waals surface area contributed by atoms with Gasteiger partial charge in [0.05, 0.1) is 11.4 Å². The third-order valence-corrected chi connectivity index (χ3v) is 3.47. The van der Waals surface area contributed by atoms with Gasteiger partial charge in [-0.05, 0) is 54.4 Å². The molecule has 0 aromatic carbocycles. The SMILES string of the molecule is CCCn1cc(Br)cc1C(=O)Nc1ccc(C)nc1C. The molecule has 1 N–H and O–H groups in total. The van der Waals surface area contributed by atoms with Crippen LogP contribution in [0.25, 0.3) is 0 Å². The predicted molar refractivity (Wildman–Crippen MR) is 84.1 cm³/mol. The summed E-state index contributed by atoms with van der Waals surface area (Å²) >= 11 is 3.42. The summed E-state index contributed by atoms with van der Waals surface area (Å²) < 4.78 is 2.87. The number of aryl methyl sites for hydroxylation is 3. The van der Waals surface area contributed by atoms with Gasteiger partial charge in [0.1, 0.15) is 5.69 Å². The van der Waals surface area contributed by atoms with Gasteiger partial charge < -0.3 is 9.88 Å². The molecule has 2 rings (SSSR count). The molecule has 2 aromatic heterocycles. The van der Waals surface area contributed by atoms with Crippen molar-refractivity contribution in [3.8, 4) is 0 Å². The topological polar surface area (TPSA) is 46.9 Å². The molecule has 0 fully saturated rings. The zero-order valence-corrected chi connectivity index (χ0v) is 13.5. The van der Waals surface area contributed by atoms with Gasteiger partial charge in [0.25, 0.3) is 5.91 Å². The molecule has 20 heavy (non-hydrogen) atoms. The normalized spacial score (nSPS) is 10.6. The first kappa shape index (κ1) is 14.8. The van der Waals surface area contributed by atoms with E-state index in [4.69, 9.17) is 0 Å². The minimum Gasteiger partial charge on any atom is -0.342 e. The molecule has 0 saturated heterocycles. The van der Waals surface area contributed by atoms with Crippen LogP contribution in [0.5, 0.6) is 0 Å². The molecule has 5 heteroatoms. The van der Waals surface area contributed by atoms with E-state index in [-0.39, 0.29) is 5.91 Å². The van der Waals surface area contributed by atoms with Gasteiger partial charge in [-0.25, -0.2) is 0 Å². The van der Waals surface area contributed by atoms with Crippen LogP contribution in [0, 0.1) is 13.8 Å². The third kappa shape index (κ3) is 3.28. The van der Waals surface area contributed by atoms with Crippen molar-refractivity contribution < 1.29 is 4.79 Å². The zero-order valence-electron chi connectivity index (χ0n) is 11.9. The van der Waals surface area contributed by atoms with Crippen LogP contribution in [0.4, 0.5) is 5.69 Å². The number of halogens is 1. The summed E-state index contributed by atoms with van der Waals surface area (Å²) in [5.41, 5.74) is 3.17. The summed E-state index contributed by atoms with van der Waals surface area (Å²) in [5, 5.41) is 2.92. The minimum absolute atomic E-state index is 0.113. The Bertz CT molecular complexity index is 634. The highest BCUT2D eigenvalue weighted by atomic mass is 79.9. The number of rotatable bonds is 4. The lowest BCUT2D eigenvalue weighted by molar-refractivity contribution is 0.101. The quantitative estimate of drug-likeness (QED) is 0.920. The Morgan fingerprint density at radius 1 is 1.40 bits per heavy atom. The fourth-order valence-corrected chi connectivity index (χ4v) is 2.56. The number of anilines is 1. The smallest absolute Gasteiger partial charge is 0.272 e. The summed E-state index contributed by atoms with van der Waals surface area (Å²) in [6, 6.07) is 5.61. The fourth-order valence-electron chi connectivity index (χ4n) is 2.10. The van der Waals surface area contributed by atoms with E-state index in [1.54, 1.807) is 0 Å². The zero-order chi connectivity index (χ0) is 14.7. The van der Waals surface area contributed by atoms with E-state index in [2.05, 4.69) is 33.2 Å². The standard InChI is InChI=1S/C15H18BrN3O/c1-4-7-19-9-12(16)8-14(19)15(20)18-13-6-5-10(2)17-11(13)3/h5-6,8-9H,4,7H2,1-3H3,(H,18,20). The van der Waals surface area contributed by atoms with Crippen molar-refractivity contribution in [3.05, 3.63) is 46.0 Å².